The minimum atomic E-state index is -0.837. The van der Waals surface area contributed by atoms with Gasteiger partial charge in [0.05, 0.1) is 13.3 Å². The van der Waals surface area contributed by atoms with Crippen LogP contribution in [0.25, 0.3) is 5.82 Å². The average Bonchev–Trinajstić information content (AvgIpc) is 3.15. The van der Waals surface area contributed by atoms with Gasteiger partial charge < -0.3 is 9.84 Å². The van der Waals surface area contributed by atoms with Crippen molar-refractivity contribution in [3.63, 3.8) is 0 Å². The molecule has 12 heteroatoms. The highest BCUT2D eigenvalue weighted by atomic mass is 16.5. The third-order valence-corrected chi connectivity index (χ3v) is 4.06. The molecule has 0 saturated heterocycles. The number of ether oxygens (including phenoxy) is 1. The maximum Gasteiger partial charge on any atom is 0.343 e. The van der Waals surface area contributed by atoms with Crippen molar-refractivity contribution in [3.8, 4) is 17.8 Å². The van der Waals surface area contributed by atoms with E-state index in [1.54, 1.807) is 6.07 Å². The number of carbonyl (C=O) groups is 1. The third-order valence-electron chi connectivity index (χ3n) is 4.06. The fraction of sp³-hybridized carbons (Fsp3) is 0.176. The number of nitrogens with zero attached hydrogens (tertiary/aromatic N) is 8. The lowest BCUT2D eigenvalue weighted by Gasteiger charge is -2.11. The van der Waals surface area contributed by atoms with E-state index in [9.17, 15) is 20.0 Å². The van der Waals surface area contributed by atoms with Gasteiger partial charge in [-0.2, -0.15) is 15.0 Å². The highest BCUT2D eigenvalue weighted by molar-refractivity contribution is 5.94. The zero-order valence-corrected chi connectivity index (χ0v) is 15.6. The summed E-state index contributed by atoms with van der Waals surface area (Å²) in [5.41, 5.74) is -0.942. The van der Waals surface area contributed by atoms with Crippen LogP contribution in [0.4, 0.5) is 11.5 Å². The van der Waals surface area contributed by atoms with E-state index in [0.717, 1.165) is 11.7 Å². The minimum Gasteiger partial charge on any atom is -0.494 e. The van der Waals surface area contributed by atoms with Gasteiger partial charge >= 0.3 is 5.97 Å². The van der Waals surface area contributed by atoms with Gasteiger partial charge in [0.1, 0.15) is 23.5 Å². The summed E-state index contributed by atoms with van der Waals surface area (Å²) in [6.07, 6.45) is 4.06. The molecule has 3 heterocycles. The number of carbonyl (C=O) groups excluding carboxylic acids is 1. The van der Waals surface area contributed by atoms with Gasteiger partial charge in [-0.15, -0.1) is 10.2 Å². The number of pyridine rings is 1. The smallest absolute Gasteiger partial charge is 0.343 e. The Morgan fingerprint density at radius 1 is 1.38 bits per heavy atom. The Kier molecular flexibility index (Phi) is 5.13. The fourth-order valence-electron chi connectivity index (χ4n) is 2.52. The second-order valence-corrected chi connectivity index (χ2v) is 5.70. The number of aromatic nitrogens is 5. The summed E-state index contributed by atoms with van der Waals surface area (Å²) in [5, 5.41) is 31.4. The van der Waals surface area contributed by atoms with E-state index in [2.05, 4.69) is 30.0 Å². The van der Waals surface area contributed by atoms with Gasteiger partial charge in [0, 0.05) is 24.9 Å². The quantitative estimate of drug-likeness (QED) is 0.514. The topological polar surface area (TPSA) is 161 Å². The Hall–Kier alpha value is -4.40. The highest BCUT2D eigenvalue weighted by Gasteiger charge is 2.23. The van der Waals surface area contributed by atoms with E-state index < -0.39 is 17.4 Å². The molecule has 29 heavy (non-hydrogen) atoms. The second kappa shape index (κ2) is 7.69. The van der Waals surface area contributed by atoms with Crippen molar-refractivity contribution in [3.05, 3.63) is 51.8 Å². The zero-order valence-electron chi connectivity index (χ0n) is 15.6. The normalized spacial score (nSPS) is 10.8. The number of nitriles is 1. The van der Waals surface area contributed by atoms with Gasteiger partial charge in [-0.25, -0.2) is 14.8 Å². The SMILES string of the molecule is COC(=O)c1c(C)c(N=Nc2c(C#N)cnn2-c2ccncn2)c(=O)n(C)c1O. The Labute approximate surface area is 163 Å². The molecule has 0 aromatic carbocycles. The van der Waals surface area contributed by atoms with Gasteiger partial charge in [0.15, 0.2) is 17.3 Å². The first-order valence-electron chi connectivity index (χ1n) is 8.07. The number of methoxy groups -OCH3 is 1. The molecule has 0 unspecified atom stereocenters. The maximum absolute atomic E-state index is 12.5. The molecule has 0 atom stereocenters. The van der Waals surface area contributed by atoms with Crippen LogP contribution >= 0.6 is 0 Å². The molecule has 0 aliphatic rings. The molecule has 0 aliphatic heterocycles. The average molecular weight is 394 g/mol. The summed E-state index contributed by atoms with van der Waals surface area (Å²) in [5.74, 6) is -1.03. The molecular weight excluding hydrogens is 380 g/mol. The fourth-order valence-corrected chi connectivity index (χ4v) is 2.52. The van der Waals surface area contributed by atoms with Gasteiger partial charge in [0.2, 0.25) is 5.88 Å². The Morgan fingerprint density at radius 2 is 2.14 bits per heavy atom. The van der Waals surface area contributed by atoms with Crippen molar-refractivity contribution in [2.45, 2.75) is 6.92 Å². The lowest BCUT2D eigenvalue weighted by Crippen LogP contribution is -2.21. The number of rotatable bonds is 4. The van der Waals surface area contributed by atoms with E-state index in [-0.39, 0.29) is 28.2 Å². The van der Waals surface area contributed by atoms with Crippen molar-refractivity contribution in [1.29, 1.82) is 5.26 Å². The number of hydrogen-bond donors (Lipinski definition) is 1. The van der Waals surface area contributed by atoms with E-state index >= 15 is 0 Å². The first-order chi connectivity index (χ1) is 13.9. The molecule has 0 fully saturated rings. The summed E-state index contributed by atoms with van der Waals surface area (Å²) in [4.78, 5) is 32.4. The predicted octanol–water partition coefficient (Wildman–Crippen LogP) is 1.45. The van der Waals surface area contributed by atoms with Crippen molar-refractivity contribution >= 4 is 17.5 Å². The molecule has 0 saturated carbocycles. The second-order valence-electron chi connectivity index (χ2n) is 5.70. The summed E-state index contributed by atoms with van der Waals surface area (Å²) in [6, 6.07) is 3.48. The molecule has 3 aromatic heterocycles. The van der Waals surface area contributed by atoms with Gasteiger partial charge in [0.25, 0.3) is 5.56 Å². The summed E-state index contributed by atoms with van der Waals surface area (Å²) in [7, 11) is 2.42. The van der Waals surface area contributed by atoms with Crippen LogP contribution in [0.1, 0.15) is 21.5 Å². The molecule has 0 radical (unpaired) electrons. The maximum atomic E-state index is 12.5. The Bertz CT molecular complexity index is 1220. The molecule has 0 aliphatic carbocycles. The van der Waals surface area contributed by atoms with Crippen molar-refractivity contribution in [1.82, 2.24) is 24.3 Å². The van der Waals surface area contributed by atoms with E-state index in [1.807, 2.05) is 6.07 Å². The molecule has 146 valence electrons. The van der Waals surface area contributed by atoms with Crippen molar-refractivity contribution in [2.75, 3.05) is 7.11 Å². The molecule has 3 aromatic rings. The van der Waals surface area contributed by atoms with Crippen LogP contribution in [0.15, 0.2) is 39.8 Å². The van der Waals surface area contributed by atoms with Crippen LogP contribution in [-0.4, -0.2) is 42.5 Å². The third kappa shape index (κ3) is 3.32. The first-order valence-corrected chi connectivity index (χ1v) is 8.07. The number of azo groups is 1. The van der Waals surface area contributed by atoms with Crippen LogP contribution in [0, 0.1) is 18.3 Å². The predicted molar refractivity (Wildman–Crippen MR) is 97.5 cm³/mol. The van der Waals surface area contributed by atoms with Crippen LogP contribution in [-0.2, 0) is 11.8 Å². The summed E-state index contributed by atoms with van der Waals surface area (Å²) < 4.78 is 6.76. The van der Waals surface area contributed by atoms with Crippen LogP contribution in [0.5, 0.6) is 5.88 Å². The first kappa shape index (κ1) is 19.4. The van der Waals surface area contributed by atoms with E-state index in [0.29, 0.717) is 5.82 Å². The summed E-state index contributed by atoms with van der Waals surface area (Å²) in [6.45, 7) is 1.43. The Balaban J connectivity index is 2.19. The van der Waals surface area contributed by atoms with Gasteiger partial charge in [-0.1, -0.05) is 0 Å². The molecule has 0 amide bonds. The highest BCUT2D eigenvalue weighted by Crippen LogP contribution is 2.29. The van der Waals surface area contributed by atoms with E-state index in [4.69, 9.17) is 0 Å². The number of esters is 1. The molecule has 0 bridgehead atoms. The van der Waals surface area contributed by atoms with Crippen LogP contribution in [0.3, 0.4) is 0 Å². The monoisotopic (exact) mass is 394 g/mol. The number of aromatic hydroxyl groups is 1. The molecule has 1 N–H and O–H groups in total. The molecule has 12 nitrogen and oxygen atoms in total. The number of hydrogen-bond acceptors (Lipinski definition) is 10. The lowest BCUT2D eigenvalue weighted by atomic mass is 10.1. The largest absolute Gasteiger partial charge is 0.494 e. The van der Waals surface area contributed by atoms with Gasteiger partial charge in [-0.05, 0) is 6.92 Å². The summed E-state index contributed by atoms with van der Waals surface area (Å²) >= 11 is 0. The zero-order chi connectivity index (χ0) is 21.1. The molecule has 0 spiro atoms. The van der Waals surface area contributed by atoms with Crippen molar-refractivity contribution < 1.29 is 14.6 Å². The van der Waals surface area contributed by atoms with Gasteiger partial charge in [-0.3, -0.25) is 9.36 Å². The standard InChI is InChI=1S/C17H14N8O4/c1-9-12(17(28)29-3)15(26)24(2)16(27)13(9)22-23-14-10(6-18)7-21-25(14)11-4-5-19-8-20-11/h4-5,7-8,26H,1-3H3. The minimum absolute atomic E-state index is 0.0281. The van der Waals surface area contributed by atoms with Crippen molar-refractivity contribution in [2.24, 2.45) is 17.3 Å². The Morgan fingerprint density at radius 3 is 2.76 bits per heavy atom. The lowest BCUT2D eigenvalue weighted by molar-refractivity contribution is 0.0594. The van der Waals surface area contributed by atoms with Crippen LogP contribution < -0.4 is 5.56 Å². The molecular formula is C17H14N8O4. The van der Waals surface area contributed by atoms with Crippen LogP contribution in [0.2, 0.25) is 0 Å². The van der Waals surface area contributed by atoms with E-state index in [1.165, 1.54) is 37.4 Å². The molecule has 3 rings (SSSR count).